The van der Waals surface area contributed by atoms with Gasteiger partial charge >= 0.3 is 0 Å². The first-order valence-electron chi connectivity index (χ1n) is 13.9. The van der Waals surface area contributed by atoms with Gasteiger partial charge in [0.1, 0.15) is 0 Å². The fourth-order valence-corrected chi connectivity index (χ4v) is 4.66. The van der Waals surface area contributed by atoms with Gasteiger partial charge in [-0.25, -0.2) is 0 Å². The Bertz CT molecular complexity index is 905. The molecule has 2 aliphatic rings. The highest BCUT2D eigenvalue weighted by atomic mass is 16.5. The molecule has 0 spiro atoms. The minimum Gasteiger partial charge on any atom is -0.493 e. The first-order chi connectivity index (χ1) is 17.0. The summed E-state index contributed by atoms with van der Waals surface area (Å²) in [5.74, 6) is 0.586. The second-order valence-electron chi connectivity index (χ2n) is 9.91. The van der Waals surface area contributed by atoms with E-state index < -0.39 is 0 Å². The molecule has 0 aromatic carbocycles. The maximum absolute atomic E-state index is 12.7. The van der Waals surface area contributed by atoms with Crippen LogP contribution in [0.2, 0.25) is 0 Å². The maximum atomic E-state index is 12.7. The SMILES string of the molecule is CCCCCCCCC1=C/C(=C\C=C2C=C(CCCCCCCC)C(=O)C(OC)=C2)C=C(C)C1=O. The van der Waals surface area contributed by atoms with E-state index in [2.05, 4.69) is 13.8 Å². The van der Waals surface area contributed by atoms with Crippen LogP contribution in [0.4, 0.5) is 0 Å². The third-order valence-corrected chi connectivity index (χ3v) is 6.82. The van der Waals surface area contributed by atoms with Gasteiger partial charge in [-0.1, -0.05) is 90.2 Å². The summed E-state index contributed by atoms with van der Waals surface area (Å²) < 4.78 is 5.38. The maximum Gasteiger partial charge on any atom is 0.223 e. The number of rotatable bonds is 16. The van der Waals surface area contributed by atoms with Crippen LogP contribution in [0.3, 0.4) is 0 Å². The molecule has 0 saturated carbocycles. The lowest BCUT2D eigenvalue weighted by atomic mass is 9.90. The van der Waals surface area contributed by atoms with Crippen LogP contribution in [-0.2, 0) is 14.3 Å². The van der Waals surface area contributed by atoms with Gasteiger partial charge in [-0.2, -0.15) is 0 Å². The van der Waals surface area contributed by atoms with E-state index in [1.807, 2.05) is 43.4 Å². The summed E-state index contributed by atoms with van der Waals surface area (Å²) in [6.45, 7) is 6.35. The zero-order chi connectivity index (χ0) is 25.5. The molecule has 0 saturated heterocycles. The van der Waals surface area contributed by atoms with E-state index in [-0.39, 0.29) is 11.6 Å². The summed E-state index contributed by atoms with van der Waals surface area (Å²) in [4.78, 5) is 25.4. The lowest BCUT2D eigenvalue weighted by molar-refractivity contribution is -0.115. The summed E-state index contributed by atoms with van der Waals surface area (Å²) in [7, 11) is 1.56. The van der Waals surface area contributed by atoms with Crippen LogP contribution in [-0.4, -0.2) is 18.7 Å². The highest BCUT2D eigenvalue weighted by Crippen LogP contribution is 2.26. The summed E-state index contributed by atoms with van der Waals surface area (Å²) in [6.07, 6.45) is 28.1. The monoisotopic (exact) mass is 478 g/mol. The zero-order valence-corrected chi connectivity index (χ0v) is 22.6. The summed E-state index contributed by atoms with van der Waals surface area (Å²) in [6, 6.07) is 0. The van der Waals surface area contributed by atoms with Crippen molar-refractivity contribution < 1.29 is 14.3 Å². The Hall–Kier alpha value is -2.42. The molecule has 35 heavy (non-hydrogen) atoms. The molecule has 0 aromatic rings. The van der Waals surface area contributed by atoms with Crippen molar-refractivity contribution in [2.45, 2.75) is 111 Å². The van der Waals surface area contributed by atoms with Crippen molar-refractivity contribution in [2.75, 3.05) is 7.11 Å². The first kappa shape index (κ1) is 28.8. The molecule has 192 valence electrons. The largest absolute Gasteiger partial charge is 0.493 e. The lowest BCUT2D eigenvalue weighted by Gasteiger charge is -2.15. The molecule has 0 aliphatic heterocycles. The van der Waals surface area contributed by atoms with Gasteiger partial charge in [0, 0.05) is 11.1 Å². The van der Waals surface area contributed by atoms with E-state index in [1.54, 1.807) is 7.11 Å². The Morgan fingerprint density at radius 2 is 1.09 bits per heavy atom. The fraction of sp³-hybridized carbons (Fsp3) is 0.562. The smallest absolute Gasteiger partial charge is 0.223 e. The van der Waals surface area contributed by atoms with Crippen molar-refractivity contribution in [3.63, 3.8) is 0 Å². The molecule has 0 amide bonds. The second-order valence-corrected chi connectivity index (χ2v) is 9.91. The van der Waals surface area contributed by atoms with Gasteiger partial charge < -0.3 is 4.74 Å². The Labute approximate surface area is 213 Å². The number of hydrogen-bond donors (Lipinski definition) is 0. The Balaban J connectivity index is 2.06. The number of ketones is 2. The van der Waals surface area contributed by atoms with Gasteiger partial charge in [-0.05, 0) is 73.6 Å². The van der Waals surface area contributed by atoms with Gasteiger partial charge in [0.25, 0.3) is 0 Å². The van der Waals surface area contributed by atoms with Gasteiger partial charge in [0.2, 0.25) is 5.78 Å². The molecule has 0 radical (unpaired) electrons. The summed E-state index contributed by atoms with van der Waals surface area (Å²) in [5, 5.41) is 0. The third-order valence-electron chi connectivity index (χ3n) is 6.82. The number of hydrogen-bond acceptors (Lipinski definition) is 3. The molecule has 0 fully saturated rings. The van der Waals surface area contributed by atoms with Crippen LogP contribution in [0.15, 0.2) is 70.1 Å². The Kier molecular flexibility index (Phi) is 13.4. The van der Waals surface area contributed by atoms with Crippen molar-refractivity contribution in [1.29, 1.82) is 0 Å². The topological polar surface area (TPSA) is 43.4 Å². The number of carbonyl (C=O) groups is 2. The van der Waals surface area contributed by atoms with Gasteiger partial charge in [0.15, 0.2) is 11.5 Å². The summed E-state index contributed by atoms with van der Waals surface area (Å²) >= 11 is 0. The zero-order valence-electron chi connectivity index (χ0n) is 22.6. The van der Waals surface area contributed by atoms with Crippen molar-refractivity contribution in [1.82, 2.24) is 0 Å². The Morgan fingerprint density at radius 3 is 1.60 bits per heavy atom. The van der Waals surface area contributed by atoms with Crippen molar-refractivity contribution in [2.24, 2.45) is 0 Å². The summed E-state index contributed by atoms with van der Waals surface area (Å²) in [5.41, 5.74) is 4.53. The van der Waals surface area contributed by atoms with E-state index in [0.29, 0.717) is 5.76 Å². The number of carbonyl (C=O) groups excluding carboxylic acids is 2. The standard InChI is InChI=1S/C32H46O3/c1-5-7-9-11-13-15-17-28-22-26(21-25(3)31(28)33)19-20-27-23-29(32(34)30(24-27)35-4)18-16-14-12-10-8-6-2/h19-24H,5-18H2,1-4H3/b26-19-,27-20?. The third kappa shape index (κ3) is 9.99. The molecule has 2 rings (SSSR count). The highest BCUT2D eigenvalue weighted by molar-refractivity contribution is 6.10. The average molecular weight is 479 g/mol. The van der Waals surface area contributed by atoms with Crippen LogP contribution in [0.5, 0.6) is 0 Å². The molecule has 0 bridgehead atoms. The molecule has 2 aliphatic carbocycles. The van der Waals surface area contributed by atoms with Crippen LogP contribution >= 0.6 is 0 Å². The molecule has 0 atom stereocenters. The first-order valence-corrected chi connectivity index (χ1v) is 13.9. The van der Waals surface area contributed by atoms with E-state index in [1.165, 1.54) is 57.8 Å². The normalized spacial score (nSPS) is 18.5. The van der Waals surface area contributed by atoms with Crippen LogP contribution in [0.1, 0.15) is 111 Å². The second kappa shape index (κ2) is 16.3. The van der Waals surface area contributed by atoms with Gasteiger partial charge in [-0.3, -0.25) is 9.59 Å². The van der Waals surface area contributed by atoms with E-state index in [4.69, 9.17) is 4.74 Å². The van der Waals surface area contributed by atoms with Crippen molar-refractivity contribution >= 4 is 11.6 Å². The molecular weight excluding hydrogens is 432 g/mol. The highest BCUT2D eigenvalue weighted by Gasteiger charge is 2.20. The minimum atomic E-state index is 0.00554. The minimum absolute atomic E-state index is 0.00554. The molecule has 0 heterocycles. The van der Waals surface area contributed by atoms with E-state index >= 15 is 0 Å². The number of Topliss-reactive ketones (excluding diaryl/α,β-unsaturated/α-hetero) is 2. The molecule has 3 nitrogen and oxygen atoms in total. The van der Waals surface area contributed by atoms with Gasteiger partial charge in [0.05, 0.1) is 7.11 Å². The molecule has 0 N–H and O–H groups in total. The average Bonchev–Trinajstić information content (AvgIpc) is 2.86. The van der Waals surface area contributed by atoms with Crippen molar-refractivity contribution in [3.8, 4) is 0 Å². The molecule has 0 unspecified atom stereocenters. The van der Waals surface area contributed by atoms with Crippen LogP contribution < -0.4 is 0 Å². The van der Waals surface area contributed by atoms with Crippen molar-refractivity contribution in [3.05, 3.63) is 70.1 Å². The molecule has 3 heteroatoms. The van der Waals surface area contributed by atoms with Crippen LogP contribution in [0.25, 0.3) is 0 Å². The number of methoxy groups -OCH3 is 1. The quantitative estimate of drug-likeness (QED) is 0.208. The molecule has 0 aromatic heterocycles. The van der Waals surface area contributed by atoms with Crippen LogP contribution in [0, 0.1) is 0 Å². The number of allylic oxidation sites excluding steroid dienone is 11. The van der Waals surface area contributed by atoms with E-state index in [0.717, 1.165) is 60.0 Å². The number of unbranched alkanes of at least 4 members (excludes halogenated alkanes) is 10. The van der Waals surface area contributed by atoms with Gasteiger partial charge in [-0.15, -0.1) is 0 Å². The number of ether oxygens (including phenoxy) is 1. The predicted molar refractivity (Wildman–Crippen MR) is 147 cm³/mol. The Morgan fingerprint density at radius 1 is 0.629 bits per heavy atom. The lowest BCUT2D eigenvalue weighted by Crippen LogP contribution is -2.12. The predicted octanol–water partition coefficient (Wildman–Crippen LogP) is 8.84. The fourth-order valence-electron chi connectivity index (χ4n) is 4.66. The van der Waals surface area contributed by atoms with E-state index in [9.17, 15) is 9.59 Å². The molecular formula is C32H46O3.